The number of para-hydroxylation sites is 1. The fourth-order valence-corrected chi connectivity index (χ4v) is 3.02. The van der Waals surface area contributed by atoms with Gasteiger partial charge in [0, 0.05) is 10.9 Å². The van der Waals surface area contributed by atoms with Crippen LogP contribution in [0.15, 0.2) is 47.8 Å². The second-order valence-corrected chi connectivity index (χ2v) is 5.31. The minimum absolute atomic E-state index is 0.162. The Morgan fingerprint density at radius 3 is 2.79 bits per heavy atom. The fraction of sp³-hybridized carbons (Fsp3) is 0.125. The van der Waals surface area contributed by atoms with Gasteiger partial charge in [0.15, 0.2) is 0 Å². The molecule has 0 amide bonds. The van der Waals surface area contributed by atoms with Gasteiger partial charge in [-0.1, -0.05) is 30.3 Å². The van der Waals surface area contributed by atoms with E-state index >= 15 is 0 Å². The molecule has 3 aromatic rings. The Kier molecular flexibility index (Phi) is 3.22. The van der Waals surface area contributed by atoms with E-state index in [1.165, 1.54) is 17.4 Å². The average molecular weight is 272 g/mol. The van der Waals surface area contributed by atoms with Crippen LogP contribution in [0, 0.1) is 12.7 Å². The van der Waals surface area contributed by atoms with Crippen LogP contribution in [0.4, 0.5) is 4.39 Å². The van der Waals surface area contributed by atoms with Crippen molar-refractivity contribution in [1.29, 1.82) is 0 Å². The van der Waals surface area contributed by atoms with Crippen LogP contribution in [0.25, 0.3) is 10.1 Å². The first kappa shape index (κ1) is 12.2. The number of thiophene rings is 1. The summed E-state index contributed by atoms with van der Waals surface area (Å²) in [6.45, 7) is 2.48. The number of hydrogen-bond donors (Lipinski definition) is 0. The van der Waals surface area contributed by atoms with Crippen molar-refractivity contribution in [3.05, 3.63) is 64.8 Å². The summed E-state index contributed by atoms with van der Waals surface area (Å²) in [6.07, 6.45) is 0. The van der Waals surface area contributed by atoms with Crippen molar-refractivity contribution in [2.75, 3.05) is 0 Å². The molecule has 0 atom stereocenters. The Morgan fingerprint density at radius 1 is 1.11 bits per heavy atom. The fourth-order valence-electron chi connectivity index (χ4n) is 2.06. The van der Waals surface area contributed by atoms with Crippen molar-refractivity contribution < 1.29 is 9.13 Å². The molecule has 1 heterocycles. The lowest BCUT2D eigenvalue weighted by Crippen LogP contribution is -1.95. The standard InChI is InChI=1S/C16H13FOS/c1-11-5-2-3-8-15(11)18-9-12-10-19-16-13(12)6-4-7-14(16)17/h2-8,10H,9H2,1H3. The summed E-state index contributed by atoms with van der Waals surface area (Å²) in [4.78, 5) is 0. The van der Waals surface area contributed by atoms with E-state index in [4.69, 9.17) is 4.74 Å². The lowest BCUT2D eigenvalue weighted by atomic mass is 10.2. The molecule has 0 bridgehead atoms. The van der Waals surface area contributed by atoms with E-state index in [0.717, 1.165) is 22.3 Å². The lowest BCUT2D eigenvalue weighted by molar-refractivity contribution is 0.306. The second kappa shape index (κ2) is 5.02. The lowest BCUT2D eigenvalue weighted by Gasteiger charge is -2.08. The Morgan fingerprint density at radius 2 is 1.95 bits per heavy atom. The largest absolute Gasteiger partial charge is 0.489 e. The van der Waals surface area contributed by atoms with Crippen LogP contribution in [0.1, 0.15) is 11.1 Å². The molecular formula is C16H13FOS. The summed E-state index contributed by atoms with van der Waals surface area (Å²) in [5, 5.41) is 2.91. The molecule has 2 aromatic carbocycles. The maximum atomic E-state index is 13.6. The van der Waals surface area contributed by atoms with Crippen molar-refractivity contribution in [2.45, 2.75) is 13.5 Å². The average Bonchev–Trinajstić information content (AvgIpc) is 2.83. The Hall–Kier alpha value is -1.87. The maximum Gasteiger partial charge on any atom is 0.140 e. The summed E-state index contributed by atoms with van der Waals surface area (Å²) in [6, 6.07) is 13.1. The van der Waals surface area contributed by atoms with Gasteiger partial charge in [0.1, 0.15) is 18.2 Å². The van der Waals surface area contributed by atoms with E-state index in [0.29, 0.717) is 11.3 Å². The van der Waals surface area contributed by atoms with Gasteiger partial charge in [-0.15, -0.1) is 11.3 Å². The van der Waals surface area contributed by atoms with E-state index in [1.54, 1.807) is 6.07 Å². The van der Waals surface area contributed by atoms with Gasteiger partial charge in [0.05, 0.1) is 4.70 Å². The van der Waals surface area contributed by atoms with E-state index in [-0.39, 0.29) is 5.82 Å². The quantitative estimate of drug-likeness (QED) is 0.657. The van der Waals surface area contributed by atoms with Gasteiger partial charge in [0.2, 0.25) is 0 Å². The first-order valence-corrected chi connectivity index (χ1v) is 6.96. The molecular weight excluding hydrogens is 259 g/mol. The molecule has 0 saturated carbocycles. The zero-order chi connectivity index (χ0) is 13.2. The third kappa shape index (κ3) is 2.34. The summed E-state index contributed by atoms with van der Waals surface area (Å²) < 4.78 is 20.1. The number of halogens is 1. The number of rotatable bonds is 3. The molecule has 1 nitrogen and oxygen atoms in total. The molecule has 3 heteroatoms. The van der Waals surface area contributed by atoms with Gasteiger partial charge in [0.25, 0.3) is 0 Å². The van der Waals surface area contributed by atoms with E-state index < -0.39 is 0 Å². The van der Waals surface area contributed by atoms with Crippen molar-refractivity contribution in [3.63, 3.8) is 0 Å². The topological polar surface area (TPSA) is 9.23 Å². The molecule has 0 N–H and O–H groups in total. The molecule has 0 aliphatic heterocycles. The summed E-state index contributed by atoms with van der Waals surface area (Å²) >= 11 is 1.42. The minimum atomic E-state index is -0.162. The van der Waals surface area contributed by atoms with Crippen LogP contribution >= 0.6 is 11.3 Å². The Labute approximate surface area is 115 Å². The SMILES string of the molecule is Cc1ccccc1OCc1csc2c(F)cccc12. The highest BCUT2D eigenvalue weighted by Gasteiger charge is 2.08. The third-order valence-electron chi connectivity index (χ3n) is 3.11. The van der Waals surface area contributed by atoms with E-state index in [9.17, 15) is 4.39 Å². The number of hydrogen-bond acceptors (Lipinski definition) is 2. The Balaban J connectivity index is 1.87. The van der Waals surface area contributed by atoms with Crippen LogP contribution in [0.5, 0.6) is 5.75 Å². The third-order valence-corrected chi connectivity index (χ3v) is 4.16. The van der Waals surface area contributed by atoms with Crippen LogP contribution in [0.2, 0.25) is 0 Å². The molecule has 19 heavy (non-hydrogen) atoms. The molecule has 0 aliphatic carbocycles. The molecule has 0 fully saturated rings. The summed E-state index contributed by atoms with van der Waals surface area (Å²) in [5.74, 6) is 0.711. The highest BCUT2D eigenvalue weighted by Crippen LogP contribution is 2.29. The van der Waals surface area contributed by atoms with Crippen LogP contribution in [0.3, 0.4) is 0 Å². The van der Waals surface area contributed by atoms with Gasteiger partial charge in [-0.05, 0) is 30.0 Å². The van der Waals surface area contributed by atoms with E-state index in [2.05, 4.69) is 0 Å². The smallest absolute Gasteiger partial charge is 0.140 e. The number of fused-ring (bicyclic) bond motifs is 1. The van der Waals surface area contributed by atoms with Gasteiger partial charge in [-0.3, -0.25) is 0 Å². The van der Waals surface area contributed by atoms with Crippen LogP contribution < -0.4 is 4.74 Å². The highest BCUT2D eigenvalue weighted by atomic mass is 32.1. The molecule has 0 saturated heterocycles. The van der Waals surface area contributed by atoms with Crippen molar-refractivity contribution in [3.8, 4) is 5.75 Å². The molecule has 3 rings (SSSR count). The molecule has 0 aliphatic rings. The molecule has 1 aromatic heterocycles. The summed E-state index contributed by atoms with van der Waals surface area (Å²) in [5.41, 5.74) is 2.14. The second-order valence-electron chi connectivity index (χ2n) is 4.43. The molecule has 0 spiro atoms. The van der Waals surface area contributed by atoms with Crippen molar-refractivity contribution >= 4 is 21.4 Å². The highest BCUT2D eigenvalue weighted by molar-refractivity contribution is 7.17. The normalized spacial score (nSPS) is 10.8. The van der Waals surface area contributed by atoms with Crippen molar-refractivity contribution in [1.82, 2.24) is 0 Å². The van der Waals surface area contributed by atoms with Crippen molar-refractivity contribution in [2.24, 2.45) is 0 Å². The number of aryl methyl sites for hydroxylation is 1. The number of ether oxygens (including phenoxy) is 1. The predicted octanol–water partition coefficient (Wildman–Crippen LogP) is 4.93. The van der Waals surface area contributed by atoms with Gasteiger partial charge < -0.3 is 4.74 Å². The van der Waals surface area contributed by atoms with Gasteiger partial charge in [-0.2, -0.15) is 0 Å². The maximum absolute atomic E-state index is 13.6. The van der Waals surface area contributed by atoms with Gasteiger partial charge in [-0.25, -0.2) is 4.39 Å². The molecule has 0 radical (unpaired) electrons. The van der Waals surface area contributed by atoms with Gasteiger partial charge >= 0.3 is 0 Å². The van der Waals surface area contributed by atoms with E-state index in [1.807, 2.05) is 42.6 Å². The first-order valence-electron chi connectivity index (χ1n) is 6.09. The minimum Gasteiger partial charge on any atom is -0.489 e. The molecule has 96 valence electrons. The zero-order valence-electron chi connectivity index (χ0n) is 10.5. The molecule has 0 unspecified atom stereocenters. The number of benzene rings is 2. The zero-order valence-corrected chi connectivity index (χ0v) is 11.3. The summed E-state index contributed by atoms with van der Waals surface area (Å²) in [7, 11) is 0. The van der Waals surface area contributed by atoms with Crippen LogP contribution in [-0.2, 0) is 6.61 Å². The predicted molar refractivity (Wildman–Crippen MR) is 77.3 cm³/mol. The Bertz CT molecular complexity index is 718. The monoisotopic (exact) mass is 272 g/mol. The first-order chi connectivity index (χ1) is 9.25. The van der Waals surface area contributed by atoms with Crippen LogP contribution in [-0.4, -0.2) is 0 Å².